The minimum absolute atomic E-state index is 0.140. The number of anilines is 1. The Morgan fingerprint density at radius 3 is 2.07 bits per heavy atom. The van der Waals surface area contributed by atoms with Crippen LogP contribution in [-0.4, -0.2) is 21.3 Å². The van der Waals surface area contributed by atoms with Gasteiger partial charge in [-0.25, -0.2) is 8.42 Å². The first-order valence-electron chi connectivity index (χ1n) is 8.69. The molecule has 0 aliphatic rings. The maximum atomic E-state index is 13.0. The van der Waals surface area contributed by atoms with Crippen LogP contribution in [0.3, 0.4) is 0 Å². The van der Waals surface area contributed by atoms with Gasteiger partial charge in [0, 0.05) is 11.1 Å². The van der Waals surface area contributed by atoms with Crippen molar-refractivity contribution < 1.29 is 17.9 Å². The van der Waals surface area contributed by atoms with Crippen molar-refractivity contribution >= 4 is 21.5 Å². The Morgan fingerprint density at radius 1 is 0.857 bits per heavy atom. The number of carbonyl (C=O) groups is 1. The summed E-state index contributed by atoms with van der Waals surface area (Å²) in [6, 6.07) is 18.3. The molecule has 0 spiro atoms. The number of hydrogen-bond acceptors (Lipinski definition) is 4. The molecule has 6 heteroatoms. The average Bonchev–Trinajstić information content (AvgIpc) is 2.69. The van der Waals surface area contributed by atoms with Crippen molar-refractivity contribution in [2.45, 2.75) is 18.7 Å². The van der Waals surface area contributed by atoms with E-state index in [0.29, 0.717) is 16.9 Å². The average molecular weight is 395 g/mol. The summed E-state index contributed by atoms with van der Waals surface area (Å²) in [4.78, 5) is 13.2. The minimum Gasteiger partial charge on any atom is -0.497 e. The number of methoxy groups -OCH3 is 1. The fourth-order valence-corrected chi connectivity index (χ4v) is 3.83. The van der Waals surface area contributed by atoms with Gasteiger partial charge in [0.15, 0.2) is 5.78 Å². The normalized spacial score (nSPS) is 11.1. The largest absolute Gasteiger partial charge is 0.497 e. The lowest BCUT2D eigenvalue weighted by Crippen LogP contribution is -2.16. The Labute approximate surface area is 165 Å². The molecule has 0 radical (unpaired) electrons. The molecule has 0 unspecified atom stereocenters. The second kappa shape index (κ2) is 7.86. The van der Waals surface area contributed by atoms with Crippen LogP contribution in [0.1, 0.15) is 27.0 Å². The molecular weight excluding hydrogens is 374 g/mol. The van der Waals surface area contributed by atoms with E-state index in [0.717, 1.165) is 11.1 Å². The summed E-state index contributed by atoms with van der Waals surface area (Å²) in [6.07, 6.45) is 0. The molecule has 3 aromatic rings. The van der Waals surface area contributed by atoms with E-state index < -0.39 is 10.0 Å². The molecule has 3 aromatic carbocycles. The number of hydrogen-bond donors (Lipinski definition) is 1. The van der Waals surface area contributed by atoms with Gasteiger partial charge in [0.25, 0.3) is 10.0 Å². The summed E-state index contributed by atoms with van der Waals surface area (Å²) in [5.41, 5.74) is 2.80. The van der Waals surface area contributed by atoms with Crippen molar-refractivity contribution in [3.8, 4) is 5.75 Å². The molecule has 0 saturated heterocycles. The SMILES string of the molecule is COc1ccc(C(=O)c2cc(C)ccc2NS(=O)(=O)c2ccc(C)cc2)cc1. The van der Waals surface area contributed by atoms with E-state index in [9.17, 15) is 13.2 Å². The Hall–Kier alpha value is -3.12. The molecule has 0 saturated carbocycles. The first-order valence-corrected chi connectivity index (χ1v) is 10.2. The van der Waals surface area contributed by atoms with E-state index in [1.807, 2.05) is 13.8 Å². The molecule has 0 aliphatic carbocycles. The van der Waals surface area contributed by atoms with E-state index >= 15 is 0 Å². The van der Waals surface area contributed by atoms with Gasteiger partial charge in [-0.3, -0.25) is 9.52 Å². The van der Waals surface area contributed by atoms with E-state index in [4.69, 9.17) is 4.74 Å². The fraction of sp³-hybridized carbons (Fsp3) is 0.136. The monoisotopic (exact) mass is 395 g/mol. The van der Waals surface area contributed by atoms with Crippen LogP contribution in [0.5, 0.6) is 5.75 Å². The highest BCUT2D eigenvalue weighted by Gasteiger charge is 2.20. The smallest absolute Gasteiger partial charge is 0.261 e. The summed E-state index contributed by atoms with van der Waals surface area (Å²) < 4.78 is 33.2. The Balaban J connectivity index is 1.98. The van der Waals surface area contributed by atoms with Crippen molar-refractivity contribution in [2.24, 2.45) is 0 Å². The topological polar surface area (TPSA) is 72.5 Å². The lowest BCUT2D eigenvalue weighted by molar-refractivity contribution is 0.103. The minimum atomic E-state index is -3.81. The van der Waals surface area contributed by atoms with Crippen LogP contribution in [-0.2, 0) is 10.0 Å². The third kappa shape index (κ3) is 4.23. The number of rotatable bonds is 6. The first-order chi connectivity index (χ1) is 13.3. The lowest BCUT2D eigenvalue weighted by Gasteiger charge is -2.13. The molecule has 144 valence electrons. The van der Waals surface area contributed by atoms with Gasteiger partial charge in [-0.05, 0) is 62.4 Å². The van der Waals surface area contributed by atoms with Crippen molar-refractivity contribution in [3.05, 3.63) is 89.0 Å². The number of aryl methyl sites for hydroxylation is 2. The van der Waals surface area contributed by atoms with Gasteiger partial charge >= 0.3 is 0 Å². The Kier molecular flexibility index (Phi) is 5.51. The molecule has 0 amide bonds. The summed E-state index contributed by atoms with van der Waals surface area (Å²) >= 11 is 0. The van der Waals surface area contributed by atoms with Crippen LogP contribution < -0.4 is 9.46 Å². The molecule has 3 rings (SSSR count). The maximum Gasteiger partial charge on any atom is 0.261 e. The summed E-state index contributed by atoms with van der Waals surface area (Å²) in [6.45, 7) is 3.73. The number of sulfonamides is 1. The quantitative estimate of drug-likeness (QED) is 0.630. The summed E-state index contributed by atoms with van der Waals surface area (Å²) in [5.74, 6) is 0.369. The zero-order valence-electron chi connectivity index (χ0n) is 15.9. The van der Waals surface area contributed by atoms with E-state index in [-0.39, 0.29) is 16.4 Å². The van der Waals surface area contributed by atoms with Crippen LogP contribution in [0.2, 0.25) is 0 Å². The standard InChI is InChI=1S/C22H21NO4S/c1-15-4-11-19(12-5-15)28(25,26)23-21-13-6-16(2)14-20(21)22(24)17-7-9-18(27-3)10-8-17/h4-14,23H,1-3H3. The zero-order chi connectivity index (χ0) is 20.3. The highest BCUT2D eigenvalue weighted by Crippen LogP contribution is 2.25. The van der Waals surface area contributed by atoms with Crippen LogP contribution in [0, 0.1) is 13.8 Å². The van der Waals surface area contributed by atoms with E-state index in [2.05, 4.69) is 4.72 Å². The van der Waals surface area contributed by atoms with E-state index in [1.165, 1.54) is 12.1 Å². The van der Waals surface area contributed by atoms with Crippen LogP contribution in [0.15, 0.2) is 71.6 Å². The second-order valence-electron chi connectivity index (χ2n) is 6.53. The van der Waals surface area contributed by atoms with Crippen molar-refractivity contribution in [3.63, 3.8) is 0 Å². The molecule has 28 heavy (non-hydrogen) atoms. The van der Waals surface area contributed by atoms with Crippen LogP contribution >= 0.6 is 0 Å². The third-order valence-electron chi connectivity index (χ3n) is 4.35. The van der Waals surface area contributed by atoms with Gasteiger partial charge in [-0.2, -0.15) is 0 Å². The van der Waals surface area contributed by atoms with Crippen LogP contribution in [0.4, 0.5) is 5.69 Å². The number of ether oxygens (including phenoxy) is 1. The van der Waals surface area contributed by atoms with Gasteiger partial charge in [0.1, 0.15) is 5.75 Å². The van der Waals surface area contributed by atoms with Crippen molar-refractivity contribution in [2.75, 3.05) is 11.8 Å². The number of benzene rings is 3. The van der Waals surface area contributed by atoms with Gasteiger partial charge in [-0.1, -0.05) is 29.3 Å². The predicted octanol–water partition coefficient (Wildman–Crippen LogP) is 4.34. The van der Waals surface area contributed by atoms with Gasteiger partial charge in [0.05, 0.1) is 17.7 Å². The maximum absolute atomic E-state index is 13.0. The molecule has 0 atom stereocenters. The van der Waals surface area contributed by atoms with E-state index in [1.54, 1.807) is 61.7 Å². The molecule has 0 heterocycles. The zero-order valence-corrected chi connectivity index (χ0v) is 16.7. The molecule has 0 aliphatic heterocycles. The number of nitrogens with one attached hydrogen (secondary N) is 1. The fourth-order valence-electron chi connectivity index (χ4n) is 2.75. The Bertz CT molecular complexity index is 1100. The molecule has 1 N–H and O–H groups in total. The molecule has 5 nitrogen and oxygen atoms in total. The van der Waals surface area contributed by atoms with Gasteiger partial charge in [0.2, 0.25) is 0 Å². The van der Waals surface area contributed by atoms with Crippen LogP contribution in [0.25, 0.3) is 0 Å². The molecule has 0 fully saturated rings. The predicted molar refractivity (Wildman–Crippen MR) is 110 cm³/mol. The van der Waals surface area contributed by atoms with Crippen molar-refractivity contribution in [1.29, 1.82) is 0 Å². The highest BCUT2D eigenvalue weighted by atomic mass is 32.2. The first kappa shape index (κ1) is 19.6. The molecular formula is C22H21NO4S. The van der Waals surface area contributed by atoms with Crippen molar-refractivity contribution in [1.82, 2.24) is 0 Å². The molecule has 0 bridgehead atoms. The second-order valence-corrected chi connectivity index (χ2v) is 8.21. The Morgan fingerprint density at radius 2 is 1.46 bits per heavy atom. The van der Waals surface area contributed by atoms with Gasteiger partial charge in [-0.15, -0.1) is 0 Å². The highest BCUT2D eigenvalue weighted by molar-refractivity contribution is 7.92. The lowest BCUT2D eigenvalue weighted by atomic mass is 10.00. The third-order valence-corrected chi connectivity index (χ3v) is 5.73. The summed E-state index contributed by atoms with van der Waals surface area (Å²) in [5, 5.41) is 0. The van der Waals surface area contributed by atoms with Gasteiger partial charge < -0.3 is 4.74 Å². The number of ketones is 1. The number of carbonyl (C=O) groups excluding carboxylic acids is 1. The summed E-state index contributed by atoms with van der Waals surface area (Å²) in [7, 11) is -2.26. The molecule has 0 aromatic heterocycles.